The van der Waals surface area contributed by atoms with E-state index in [9.17, 15) is 9.59 Å². The van der Waals surface area contributed by atoms with Gasteiger partial charge in [-0.15, -0.1) is 0 Å². The van der Waals surface area contributed by atoms with E-state index in [0.717, 1.165) is 37.2 Å². The molecule has 0 unspecified atom stereocenters. The summed E-state index contributed by atoms with van der Waals surface area (Å²) in [7, 11) is 5.01. The molecule has 6 heteroatoms. The van der Waals surface area contributed by atoms with Crippen molar-refractivity contribution in [2.75, 3.05) is 34.4 Å². The Kier molecular flexibility index (Phi) is 6.28. The van der Waals surface area contributed by atoms with E-state index in [1.54, 1.807) is 7.11 Å². The number of likely N-dealkylation sites (tertiary alicyclic amines) is 2. The van der Waals surface area contributed by atoms with Gasteiger partial charge in [-0.25, -0.2) is 0 Å². The third-order valence-electron chi connectivity index (χ3n) is 6.62. The average Bonchev–Trinajstić information content (AvgIpc) is 3.06. The van der Waals surface area contributed by atoms with Crippen LogP contribution in [0.1, 0.15) is 50.6 Å². The van der Waals surface area contributed by atoms with Crippen molar-refractivity contribution < 1.29 is 19.1 Å². The molecule has 0 radical (unpaired) electrons. The number of benzene rings is 1. The fourth-order valence-electron chi connectivity index (χ4n) is 4.94. The van der Waals surface area contributed by atoms with Gasteiger partial charge < -0.3 is 14.4 Å². The molecule has 2 aliphatic rings. The molecule has 3 rings (SSSR count). The maximum absolute atomic E-state index is 13.5. The van der Waals surface area contributed by atoms with Crippen LogP contribution in [-0.4, -0.2) is 61.6 Å². The molecule has 0 bridgehead atoms. The predicted molar refractivity (Wildman–Crippen MR) is 107 cm³/mol. The predicted octanol–water partition coefficient (Wildman–Crippen LogP) is 3.02. The second-order valence-electron chi connectivity index (χ2n) is 7.90. The summed E-state index contributed by atoms with van der Waals surface area (Å²) in [5.41, 5.74) is 0.244. The van der Waals surface area contributed by atoms with Gasteiger partial charge in [0.15, 0.2) is 0 Å². The molecule has 6 nitrogen and oxygen atoms in total. The minimum atomic E-state index is -0.782. The summed E-state index contributed by atoms with van der Waals surface area (Å²) >= 11 is 0. The van der Waals surface area contributed by atoms with Crippen LogP contribution >= 0.6 is 0 Å². The maximum Gasteiger partial charge on any atom is 0.326 e. The number of carbonyl (C=O) groups excluding carboxylic acids is 2. The van der Waals surface area contributed by atoms with Crippen LogP contribution in [0.4, 0.5) is 0 Å². The van der Waals surface area contributed by atoms with Gasteiger partial charge in [0.1, 0.15) is 11.3 Å². The molecule has 154 valence electrons. The summed E-state index contributed by atoms with van der Waals surface area (Å²) in [6, 6.07) is 7.66. The summed E-state index contributed by atoms with van der Waals surface area (Å²) in [4.78, 5) is 30.3. The number of hydrogen-bond donors (Lipinski definition) is 0. The lowest BCUT2D eigenvalue weighted by molar-refractivity contribution is -0.153. The number of methoxy groups -OCH3 is 2. The van der Waals surface area contributed by atoms with Crippen molar-refractivity contribution in [3.05, 3.63) is 29.8 Å². The average molecular weight is 389 g/mol. The van der Waals surface area contributed by atoms with Gasteiger partial charge in [-0.1, -0.05) is 19.1 Å². The minimum Gasteiger partial charge on any atom is -0.497 e. The molecule has 0 N–H and O–H groups in total. The largest absolute Gasteiger partial charge is 0.497 e. The third-order valence-corrected chi connectivity index (χ3v) is 6.62. The SMILES string of the molecule is CC[C@]1(C(=O)OC)C[C@@H](C(=O)N2CCCCC2)[C@@H](c2ccc(OC)cc2)N1C. The monoisotopic (exact) mass is 388 g/mol. The van der Waals surface area contributed by atoms with Crippen molar-refractivity contribution >= 4 is 11.9 Å². The Hall–Kier alpha value is -2.08. The molecule has 3 atom stereocenters. The van der Waals surface area contributed by atoms with Gasteiger partial charge >= 0.3 is 5.97 Å². The zero-order chi connectivity index (χ0) is 20.3. The molecule has 0 spiro atoms. The first kappa shape index (κ1) is 20.6. The zero-order valence-electron chi connectivity index (χ0n) is 17.4. The first-order valence-electron chi connectivity index (χ1n) is 10.2. The first-order valence-corrected chi connectivity index (χ1v) is 10.2. The van der Waals surface area contributed by atoms with Crippen LogP contribution in [0.3, 0.4) is 0 Å². The van der Waals surface area contributed by atoms with E-state index in [0.29, 0.717) is 12.8 Å². The van der Waals surface area contributed by atoms with Gasteiger partial charge in [-0.05, 0) is 56.8 Å². The number of hydrogen-bond acceptors (Lipinski definition) is 5. The van der Waals surface area contributed by atoms with Crippen LogP contribution in [0.2, 0.25) is 0 Å². The molecule has 0 aliphatic carbocycles. The van der Waals surface area contributed by atoms with Crippen LogP contribution < -0.4 is 4.74 Å². The molecular weight excluding hydrogens is 356 g/mol. The molecule has 0 saturated carbocycles. The second kappa shape index (κ2) is 8.52. The van der Waals surface area contributed by atoms with Crippen LogP contribution in [0.25, 0.3) is 0 Å². The molecule has 2 fully saturated rings. The topological polar surface area (TPSA) is 59.1 Å². The number of esters is 1. The summed E-state index contributed by atoms with van der Waals surface area (Å²) < 4.78 is 10.5. The van der Waals surface area contributed by atoms with Crippen molar-refractivity contribution in [3.8, 4) is 5.75 Å². The lowest BCUT2D eigenvalue weighted by atomic mass is 9.86. The molecule has 2 aliphatic heterocycles. The van der Waals surface area contributed by atoms with Crippen LogP contribution in [0.5, 0.6) is 5.75 Å². The Morgan fingerprint density at radius 2 is 1.75 bits per heavy atom. The molecule has 0 aromatic heterocycles. The summed E-state index contributed by atoms with van der Waals surface area (Å²) in [5.74, 6) is 0.408. The van der Waals surface area contributed by atoms with Gasteiger partial charge in [0, 0.05) is 19.1 Å². The molecule has 28 heavy (non-hydrogen) atoms. The second-order valence-corrected chi connectivity index (χ2v) is 7.90. The molecule has 1 aromatic rings. The van der Waals surface area contributed by atoms with Crippen molar-refractivity contribution in [1.29, 1.82) is 0 Å². The van der Waals surface area contributed by atoms with Crippen molar-refractivity contribution in [3.63, 3.8) is 0 Å². The maximum atomic E-state index is 13.5. The van der Waals surface area contributed by atoms with Crippen LogP contribution in [-0.2, 0) is 14.3 Å². The lowest BCUT2D eigenvalue weighted by Gasteiger charge is -2.35. The van der Waals surface area contributed by atoms with E-state index >= 15 is 0 Å². The van der Waals surface area contributed by atoms with Crippen molar-refractivity contribution in [1.82, 2.24) is 9.80 Å². The van der Waals surface area contributed by atoms with Gasteiger partial charge in [0.2, 0.25) is 5.91 Å². The Labute approximate surface area is 167 Å². The first-order chi connectivity index (χ1) is 13.5. The molecule has 1 amide bonds. The molecule has 1 aromatic carbocycles. The van der Waals surface area contributed by atoms with Crippen molar-refractivity contribution in [2.24, 2.45) is 5.92 Å². The van der Waals surface area contributed by atoms with Gasteiger partial charge in [-0.3, -0.25) is 14.5 Å². The summed E-state index contributed by atoms with van der Waals surface area (Å²) in [5, 5.41) is 0. The van der Waals surface area contributed by atoms with Gasteiger partial charge in [-0.2, -0.15) is 0 Å². The van der Waals surface area contributed by atoms with Gasteiger partial charge in [0.25, 0.3) is 0 Å². The number of amides is 1. The van der Waals surface area contributed by atoms with Crippen LogP contribution in [0, 0.1) is 5.92 Å². The zero-order valence-corrected chi connectivity index (χ0v) is 17.4. The van der Waals surface area contributed by atoms with E-state index in [1.165, 1.54) is 13.5 Å². The number of carbonyl (C=O) groups is 2. The van der Waals surface area contributed by atoms with E-state index in [1.807, 2.05) is 43.1 Å². The highest BCUT2D eigenvalue weighted by Gasteiger charge is 2.57. The number of piperidine rings is 1. The number of rotatable bonds is 5. The number of nitrogens with zero attached hydrogens (tertiary/aromatic N) is 2. The smallest absolute Gasteiger partial charge is 0.326 e. The Morgan fingerprint density at radius 3 is 2.29 bits per heavy atom. The highest BCUT2D eigenvalue weighted by Crippen LogP contribution is 2.48. The lowest BCUT2D eigenvalue weighted by Crippen LogP contribution is -2.49. The van der Waals surface area contributed by atoms with E-state index in [2.05, 4.69) is 4.90 Å². The highest BCUT2D eigenvalue weighted by atomic mass is 16.5. The summed E-state index contributed by atoms with van der Waals surface area (Å²) in [6.45, 7) is 3.61. The molecule has 2 saturated heterocycles. The van der Waals surface area contributed by atoms with E-state index < -0.39 is 5.54 Å². The number of likely N-dealkylation sites (N-methyl/N-ethyl adjacent to an activating group) is 1. The van der Waals surface area contributed by atoms with Crippen LogP contribution in [0.15, 0.2) is 24.3 Å². The minimum absolute atomic E-state index is 0.159. The normalized spacial score (nSPS) is 28.2. The quantitative estimate of drug-likeness (QED) is 0.726. The standard InChI is InChI=1S/C22H32N2O4/c1-5-22(21(26)28-4)15-18(20(25)24-13-7-6-8-14-24)19(23(22)2)16-9-11-17(27-3)12-10-16/h9-12,18-19H,5-8,13-15H2,1-4H3/t18-,19-,22-/m1/s1. The number of ether oxygens (including phenoxy) is 2. The highest BCUT2D eigenvalue weighted by molar-refractivity contribution is 5.86. The Bertz CT molecular complexity index is 699. The van der Waals surface area contributed by atoms with Gasteiger partial charge in [0.05, 0.1) is 20.1 Å². The van der Waals surface area contributed by atoms with E-state index in [-0.39, 0.29) is 23.8 Å². The fraction of sp³-hybridized carbons (Fsp3) is 0.636. The Balaban J connectivity index is 1.99. The molecule has 2 heterocycles. The van der Waals surface area contributed by atoms with Crippen molar-refractivity contribution in [2.45, 2.75) is 50.6 Å². The van der Waals surface area contributed by atoms with E-state index in [4.69, 9.17) is 9.47 Å². The Morgan fingerprint density at radius 1 is 1.11 bits per heavy atom. The molecular formula is C22H32N2O4. The third kappa shape index (κ3) is 3.50. The fourth-order valence-corrected chi connectivity index (χ4v) is 4.94. The summed E-state index contributed by atoms with van der Waals surface area (Å²) in [6.07, 6.45) is 4.37.